The summed E-state index contributed by atoms with van der Waals surface area (Å²) >= 11 is 0. The zero-order valence-electron chi connectivity index (χ0n) is 18.8. The Kier molecular flexibility index (Phi) is 5.80. The van der Waals surface area contributed by atoms with Gasteiger partial charge in [0.25, 0.3) is 0 Å². The van der Waals surface area contributed by atoms with Crippen molar-refractivity contribution in [1.29, 1.82) is 0 Å². The summed E-state index contributed by atoms with van der Waals surface area (Å²) in [4.78, 5) is 13.2. The lowest BCUT2D eigenvalue weighted by Gasteiger charge is -2.37. The SMILES string of the molecule is Cc1c(O[C@H]2CC[C@H](C(C)(C)C)CC2)ccc2cc(CN3CC(C(=O)O)C3)ccc12. The van der Waals surface area contributed by atoms with Crippen LogP contribution in [-0.4, -0.2) is 35.2 Å². The van der Waals surface area contributed by atoms with Crippen LogP contribution < -0.4 is 4.74 Å². The number of nitrogens with zero attached hydrogens (tertiary/aromatic N) is 1. The van der Waals surface area contributed by atoms with E-state index >= 15 is 0 Å². The number of hydrogen-bond acceptors (Lipinski definition) is 3. The molecule has 1 N–H and O–H groups in total. The van der Waals surface area contributed by atoms with Gasteiger partial charge in [-0.25, -0.2) is 0 Å². The van der Waals surface area contributed by atoms with E-state index in [1.807, 2.05) is 0 Å². The Bertz CT molecular complexity index is 916. The van der Waals surface area contributed by atoms with E-state index in [0.29, 0.717) is 24.6 Å². The van der Waals surface area contributed by atoms with Crippen molar-refractivity contribution in [2.45, 2.75) is 66.0 Å². The highest BCUT2D eigenvalue weighted by Crippen LogP contribution is 2.39. The second kappa shape index (κ2) is 8.22. The summed E-state index contributed by atoms with van der Waals surface area (Å²) in [6, 6.07) is 10.9. The highest BCUT2D eigenvalue weighted by atomic mass is 16.5. The number of aryl methyl sites for hydroxylation is 1. The predicted molar refractivity (Wildman–Crippen MR) is 121 cm³/mol. The van der Waals surface area contributed by atoms with Crippen LogP contribution in [0.5, 0.6) is 5.75 Å². The van der Waals surface area contributed by atoms with Gasteiger partial charge in [-0.2, -0.15) is 0 Å². The van der Waals surface area contributed by atoms with E-state index < -0.39 is 5.97 Å². The number of hydrogen-bond donors (Lipinski definition) is 1. The molecule has 162 valence electrons. The second-order valence-electron chi connectivity index (χ2n) is 10.4. The molecule has 0 unspecified atom stereocenters. The van der Waals surface area contributed by atoms with Gasteiger partial charge in [0.05, 0.1) is 12.0 Å². The molecular weight excluding hydrogens is 374 g/mol. The summed E-state index contributed by atoms with van der Waals surface area (Å²) in [5.41, 5.74) is 2.85. The number of ether oxygens (including phenoxy) is 1. The Balaban J connectivity index is 1.40. The second-order valence-corrected chi connectivity index (χ2v) is 10.4. The smallest absolute Gasteiger partial charge is 0.309 e. The van der Waals surface area contributed by atoms with Crippen molar-refractivity contribution >= 4 is 16.7 Å². The molecule has 1 heterocycles. The molecule has 0 bridgehead atoms. The predicted octanol–water partition coefficient (Wildman–Crippen LogP) is 5.65. The number of likely N-dealkylation sites (tertiary alicyclic amines) is 1. The van der Waals surface area contributed by atoms with Gasteiger partial charge in [-0.1, -0.05) is 39.0 Å². The minimum atomic E-state index is -0.681. The first-order chi connectivity index (χ1) is 14.2. The van der Waals surface area contributed by atoms with Gasteiger partial charge in [-0.3, -0.25) is 9.69 Å². The van der Waals surface area contributed by atoms with Crippen LogP contribution in [0, 0.1) is 24.2 Å². The van der Waals surface area contributed by atoms with E-state index in [1.165, 1.54) is 34.7 Å². The molecule has 30 heavy (non-hydrogen) atoms. The Morgan fingerprint density at radius 1 is 1.10 bits per heavy atom. The molecule has 4 nitrogen and oxygen atoms in total. The highest BCUT2D eigenvalue weighted by molar-refractivity contribution is 5.88. The summed E-state index contributed by atoms with van der Waals surface area (Å²) in [6.45, 7) is 11.3. The van der Waals surface area contributed by atoms with Gasteiger partial charge >= 0.3 is 5.97 Å². The maximum Gasteiger partial charge on any atom is 0.309 e. The molecule has 4 heteroatoms. The Hall–Kier alpha value is -2.07. The van der Waals surface area contributed by atoms with Crippen LogP contribution in [0.4, 0.5) is 0 Å². The van der Waals surface area contributed by atoms with Crippen LogP contribution in [0.25, 0.3) is 10.8 Å². The monoisotopic (exact) mass is 409 g/mol. The molecule has 0 aromatic heterocycles. The average Bonchev–Trinajstić information content (AvgIpc) is 2.66. The van der Waals surface area contributed by atoms with Crippen LogP contribution >= 0.6 is 0 Å². The summed E-state index contributed by atoms with van der Waals surface area (Å²) in [7, 11) is 0. The number of aliphatic carboxylic acids is 1. The van der Waals surface area contributed by atoms with Crippen LogP contribution in [0.3, 0.4) is 0 Å². The number of fused-ring (bicyclic) bond motifs is 1. The fourth-order valence-corrected chi connectivity index (χ4v) is 5.08. The van der Waals surface area contributed by atoms with E-state index in [-0.39, 0.29) is 5.92 Å². The highest BCUT2D eigenvalue weighted by Gasteiger charge is 2.32. The van der Waals surface area contributed by atoms with E-state index in [2.05, 4.69) is 62.9 Å². The summed E-state index contributed by atoms with van der Waals surface area (Å²) in [5, 5.41) is 11.5. The normalized spacial score (nSPS) is 23.3. The van der Waals surface area contributed by atoms with Crippen LogP contribution in [0.1, 0.15) is 57.6 Å². The molecule has 1 aliphatic carbocycles. The van der Waals surface area contributed by atoms with Crippen molar-refractivity contribution < 1.29 is 14.6 Å². The molecule has 4 rings (SSSR count). The maximum atomic E-state index is 11.0. The lowest BCUT2D eigenvalue weighted by molar-refractivity contribution is -0.147. The molecule has 2 aromatic carbocycles. The average molecular weight is 410 g/mol. The van der Waals surface area contributed by atoms with Gasteiger partial charge < -0.3 is 9.84 Å². The summed E-state index contributed by atoms with van der Waals surface area (Å²) in [5.74, 6) is 0.929. The number of carboxylic acids is 1. The topological polar surface area (TPSA) is 49.8 Å². The molecular formula is C26H35NO3. The van der Waals surface area contributed by atoms with E-state index in [9.17, 15) is 4.79 Å². The van der Waals surface area contributed by atoms with Gasteiger partial charge in [0, 0.05) is 19.6 Å². The molecule has 0 spiro atoms. The molecule has 2 aromatic rings. The summed E-state index contributed by atoms with van der Waals surface area (Å²) < 4.78 is 6.45. The van der Waals surface area contributed by atoms with Crippen molar-refractivity contribution in [3.63, 3.8) is 0 Å². The fourth-order valence-electron chi connectivity index (χ4n) is 5.08. The minimum absolute atomic E-state index is 0.203. The van der Waals surface area contributed by atoms with Crippen LogP contribution in [-0.2, 0) is 11.3 Å². The third-order valence-electron chi connectivity index (χ3n) is 7.21. The van der Waals surface area contributed by atoms with Gasteiger partial charge in [-0.05, 0) is 78.0 Å². The first kappa shape index (κ1) is 21.2. The number of carbonyl (C=O) groups is 1. The molecule has 2 aliphatic rings. The third kappa shape index (κ3) is 4.49. The Morgan fingerprint density at radius 3 is 2.43 bits per heavy atom. The van der Waals surface area contributed by atoms with Gasteiger partial charge in [-0.15, -0.1) is 0 Å². The quantitative estimate of drug-likeness (QED) is 0.693. The third-order valence-corrected chi connectivity index (χ3v) is 7.21. The molecule has 0 radical (unpaired) electrons. The van der Waals surface area contributed by atoms with Crippen molar-refractivity contribution in [2.24, 2.45) is 17.3 Å². The van der Waals surface area contributed by atoms with Crippen molar-refractivity contribution in [1.82, 2.24) is 4.90 Å². The van der Waals surface area contributed by atoms with Crippen molar-refractivity contribution in [3.05, 3.63) is 41.5 Å². The first-order valence-corrected chi connectivity index (χ1v) is 11.3. The lowest BCUT2D eigenvalue weighted by Crippen LogP contribution is -2.49. The van der Waals surface area contributed by atoms with Crippen LogP contribution in [0.2, 0.25) is 0 Å². The Labute approximate surface area is 180 Å². The number of rotatable bonds is 5. The molecule has 0 amide bonds. The zero-order valence-corrected chi connectivity index (χ0v) is 18.8. The first-order valence-electron chi connectivity index (χ1n) is 11.3. The molecule has 1 saturated carbocycles. The molecule has 0 atom stereocenters. The minimum Gasteiger partial charge on any atom is -0.490 e. The Morgan fingerprint density at radius 2 is 1.80 bits per heavy atom. The van der Waals surface area contributed by atoms with Gasteiger partial charge in [0.1, 0.15) is 5.75 Å². The van der Waals surface area contributed by atoms with E-state index in [4.69, 9.17) is 9.84 Å². The molecule has 2 fully saturated rings. The summed E-state index contributed by atoms with van der Waals surface area (Å²) in [6.07, 6.45) is 5.12. The zero-order chi connectivity index (χ0) is 21.5. The molecule has 1 saturated heterocycles. The standard InChI is InChI=1S/C26H35NO3/c1-17-23-11-5-18(14-27-15-20(16-27)25(28)29)13-19(23)6-12-24(17)30-22-9-7-21(8-10-22)26(2,3)4/h5-6,11-13,20-22H,7-10,14-16H2,1-4H3,(H,28,29)/t21-,22-. The van der Waals surface area contributed by atoms with Crippen LogP contribution in [0.15, 0.2) is 30.3 Å². The largest absolute Gasteiger partial charge is 0.490 e. The van der Waals surface area contributed by atoms with Gasteiger partial charge in [0.15, 0.2) is 0 Å². The van der Waals surface area contributed by atoms with Gasteiger partial charge in [0.2, 0.25) is 0 Å². The van der Waals surface area contributed by atoms with Crippen molar-refractivity contribution in [2.75, 3.05) is 13.1 Å². The van der Waals surface area contributed by atoms with E-state index in [1.54, 1.807) is 0 Å². The fraction of sp³-hybridized carbons (Fsp3) is 0.577. The number of benzene rings is 2. The maximum absolute atomic E-state index is 11.0. The van der Waals surface area contributed by atoms with E-state index in [0.717, 1.165) is 31.1 Å². The van der Waals surface area contributed by atoms with Crippen molar-refractivity contribution in [3.8, 4) is 5.75 Å². The number of carboxylic acid groups (broad SMARTS) is 1. The lowest BCUT2D eigenvalue weighted by atomic mass is 9.72. The molecule has 1 aliphatic heterocycles.